The van der Waals surface area contributed by atoms with E-state index in [1.165, 1.54) is 0 Å². The Kier molecular flexibility index (Phi) is 3.84. The molecule has 0 aromatic heterocycles. The Morgan fingerprint density at radius 2 is 2.05 bits per heavy atom. The quantitative estimate of drug-likeness (QED) is 0.568. The van der Waals surface area contributed by atoms with Crippen LogP contribution < -0.4 is 0 Å². The highest BCUT2D eigenvalue weighted by Gasteiger charge is 2.43. The number of hydrogen-bond donors (Lipinski definition) is 0. The van der Waals surface area contributed by atoms with Gasteiger partial charge in [-0.2, -0.15) is 0 Å². The Hall–Kier alpha value is -1.12. The highest BCUT2D eigenvalue weighted by Crippen LogP contribution is 2.44. The average molecular weight is 264 g/mol. The van der Waals surface area contributed by atoms with E-state index < -0.39 is 5.60 Å². The molecule has 2 fully saturated rings. The molecule has 19 heavy (non-hydrogen) atoms. The van der Waals surface area contributed by atoms with Crippen molar-refractivity contribution in [1.29, 1.82) is 0 Å². The van der Waals surface area contributed by atoms with E-state index in [1.54, 1.807) is 0 Å². The third-order valence-electron chi connectivity index (χ3n) is 4.16. The highest BCUT2D eigenvalue weighted by molar-refractivity contribution is 5.87. The topological polar surface area (TPSA) is 43.4 Å². The molecular weight excluding hydrogens is 240 g/mol. The first-order valence-electron chi connectivity index (χ1n) is 7.21. The summed E-state index contributed by atoms with van der Waals surface area (Å²) in [4.78, 5) is 24.2. The van der Waals surface area contributed by atoms with Gasteiger partial charge in [-0.3, -0.25) is 9.59 Å². The molecule has 0 radical (unpaired) electrons. The van der Waals surface area contributed by atoms with Gasteiger partial charge in [-0.05, 0) is 46.0 Å². The van der Waals surface area contributed by atoms with E-state index in [0.29, 0.717) is 12.2 Å². The number of hydrogen-bond acceptors (Lipinski definition) is 3. The number of fused-ring (bicyclic) bond motifs is 2. The predicted molar refractivity (Wildman–Crippen MR) is 73.5 cm³/mol. The zero-order chi connectivity index (χ0) is 14.2. The molecule has 0 unspecified atom stereocenters. The van der Waals surface area contributed by atoms with Crippen LogP contribution in [0, 0.1) is 17.8 Å². The Bertz CT molecular complexity index is 403. The molecule has 0 aliphatic heterocycles. The smallest absolute Gasteiger partial charge is 0.306 e. The van der Waals surface area contributed by atoms with E-state index in [9.17, 15) is 9.59 Å². The summed E-state index contributed by atoms with van der Waals surface area (Å²) >= 11 is 0. The van der Waals surface area contributed by atoms with E-state index in [2.05, 4.69) is 6.58 Å². The van der Waals surface area contributed by atoms with Gasteiger partial charge in [0.2, 0.25) is 0 Å². The summed E-state index contributed by atoms with van der Waals surface area (Å²) in [5.41, 5.74) is 0.604. The summed E-state index contributed by atoms with van der Waals surface area (Å²) < 4.78 is 5.37. The van der Waals surface area contributed by atoms with Gasteiger partial charge in [-0.25, -0.2) is 0 Å². The first-order chi connectivity index (χ1) is 8.78. The fraction of sp³-hybridized carbons (Fsp3) is 0.750. The highest BCUT2D eigenvalue weighted by atomic mass is 16.6. The van der Waals surface area contributed by atoms with Gasteiger partial charge in [0, 0.05) is 11.8 Å². The lowest BCUT2D eigenvalue weighted by atomic mass is 9.63. The lowest BCUT2D eigenvalue weighted by molar-refractivity contribution is -0.156. The van der Waals surface area contributed by atoms with E-state index >= 15 is 0 Å². The van der Waals surface area contributed by atoms with Crippen molar-refractivity contribution in [2.45, 2.75) is 58.5 Å². The first kappa shape index (κ1) is 14.3. The normalized spacial score (nSPS) is 31.2. The molecular formula is C16H24O3. The minimum Gasteiger partial charge on any atom is -0.460 e. The van der Waals surface area contributed by atoms with Gasteiger partial charge in [0.25, 0.3) is 0 Å². The monoisotopic (exact) mass is 264 g/mol. The number of carbonyl (C=O) groups is 2. The average Bonchev–Trinajstić information content (AvgIpc) is 2.24. The van der Waals surface area contributed by atoms with Crippen LogP contribution in [0.1, 0.15) is 52.9 Å². The number of ether oxygens (including phenoxy) is 1. The molecule has 0 aromatic rings. The number of rotatable bonds is 2. The molecule has 2 rings (SSSR count). The number of esters is 1. The molecule has 0 aromatic carbocycles. The molecule has 2 bridgehead atoms. The molecule has 0 amide bonds. The fourth-order valence-corrected chi connectivity index (χ4v) is 3.38. The Labute approximate surface area is 115 Å². The summed E-state index contributed by atoms with van der Waals surface area (Å²) in [6, 6.07) is 0. The molecule has 2 aliphatic rings. The maximum atomic E-state index is 12.2. The zero-order valence-corrected chi connectivity index (χ0v) is 12.2. The largest absolute Gasteiger partial charge is 0.460 e. The summed E-state index contributed by atoms with van der Waals surface area (Å²) in [5, 5.41) is 0. The van der Waals surface area contributed by atoms with Crippen LogP contribution in [0.2, 0.25) is 0 Å². The van der Waals surface area contributed by atoms with Gasteiger partial charge in [0.1, 0.15) is 11.4 Å². The first-order valence-corrected chi connectivity index (χ1v) is 7.21. The fourth-order valence-electron chi connectivity index (χ4n) is 3.38. The lowest BCUT2D eigenvalue weighted by Crippen LogP contribution is -2.41. The molecule has 3 nitrogen and oxygen atoms in total. The molecule has 0 N–H and O–H groups in total. The summed E-state index contributed by atoms with van der Waals surface area (Å²) in [6.07, 6.45) is 4.07. The molecule has 0 spiro atoms. The van der Waals surface area contributed by atoms with Crippen molar-refractivity contribution in [1.82, 2.24) is 0 Å². The number of carbonyl (C=O) groups excluding carboxylic acids is 2. The van der Waals surface area contributed by atoms with E-state index in [4.69, 9.17) is 4.74 Å². The second-order valence-electron chi connectivity index (χ2n) is 6.90. The van der Waals surface area contributed by atoms with Crippen molar-refractivity contribution >= 4 is 11.8 Å². The van der Waals surface area contributed by atoms with E-state index in [1.807, 2.05) is 20.8 Å². The maximum absolute atomic E-state index is 12.2. The Morgan fingerprint density at radius 3 is 2.68 bits per heavy atom. The van der Waals surface area contributed by atoms with Crippen LogP contribution >= 0.6 is 0 Å². The van der Waals surface area contributed by atoms with Crippen molar-refractivity contribution in [2.75, 3.05) is 0 Å². The van der Waals surface area contributed by atoms with Gasteiger partial charge in [-0.1, -0.05) is 18.6 Å². The van der Waals surface area contributed by atoms with Gasteiger partial charge < -0.3 is 4.74 Å². The summed E-state index contributed by atoms with van der Waals surface area (Å²) in [7, 11) is 0. The van der Waals surface area contributed by atoms with Crippen LogP contribution in [0.5, 0.6) is 0 Å². The van der Waals surface area contributed by atoms with Crippen LogP contribution in [-0.4, -0.2) is 17.4 Å². The molecule has 3 atom stereocenters. The van der Waals surface area contributed by atoms with Crippen LogP contribution in [0.4, 0.5) is 0 Å². The van der Waals surface area contributed by atoms with Crippen LogP contribution in [0.15, 0.2) is 12.2 Å². The lowest BCUT2D eigenvalue weighted by Gasteiger charge is -2.40. The van der Waals surface area contributed by atoms with Crippen molar-refractivity contribution < 1.29 is 14.3 Å². The van der Waals surface area contributed by atoms with Gasteiger partial charge >= 0.3 is 5.97 Å². The van der Waals surface area contributed by atoms with Gasteiger partial charge in [0.05, 0.1) is 6.42 Å². The van der Waals surface area contributed by atoms with Gasteiger partial charge in [0.15, 0.2) is 0 Å². The second kappa shape index (κ2) is 5.10. The molecule has 2 aliphatic carbocycles. The maximum Gasteiger partial charge on any atom is 0.306 e. The standard InChI is InChI=1S/C16H24O3/c1-10-8-11-6-5-7-12(15(11)18)13(10)9-14(17)19-16(2,3)4/h11-13H,1,5-9H2,2-4H3/t11-,12+,13+/m1/s1. The SMILES string of the molecule is C=C1C[C@H]2CCC[C@H](C2=O)[C@H]1CC(=O)OC(C)(C)C. The van der Waals surface area contributed by atoms with Crippen molar-refractivity contribution in [3.63, 3.8) is 0 Å². The van der Waals surface area contributed by atoms with Crippen molar-refractivity contribution in [3.05, 3.63) is 12.2 Å². The third-order valence-corrected chi connectivity index (χ3v) is 4.16. The third kappa shape index (κ3) is 3.26. The van der Waals surface area contributed by atoms with Crippen molar-refractivity contribution in [2.24, 2.45) is 17.8 Å². The molecule has 3 heteroatoms. The summed E-state index contributed by atoms with van der Waals surface area (Å²) in [5.74, 6) is 0.315. The molecule has 2 saturated carbocycles. The van der Waals surface area contributed by atoms with E-state index in [-0.39, 0.29) is 23.7 Å². The molecule has 0 heterocycles. The molecule has 0 saturated heterocycles. The zero-order valence-electron chi connectivity index (χ0n) is 12.2. The number of Topliss-reactive ketones (excluding diaryl/α,β-unsaturated/α-hetero) is 1. The van der Waals surface area contributed by atoms with Crippen LogP contribution in [0.25, 0.3) is 0 Å². The number of ketones is 1. The summed E-state index contributed by atoms with van der Waals surface area (Å²) in [6.45, 7) is 9.69. The second-order valence-corrected chi connectivity index (χ2v) is 6.90. The minimum absolute atomic E-state index is 0.00102. The van der Waals surface area contributed by atoms with Crippen LogP contribution in [0.3, 0.4) is 0 Å². The molecule has 106 valence electrons. The Balaban J connectivity index is 2.04. The Morgan fingerprint density at radius 1 is 1.37 bits per heavy atom. The van der Waals surface area contributed by atoms with Crippen LogP contribution in [-0.2, 0) is 14.3 Å². The van der Waals surface area contributed by atoms with Crippen molar-refractivity contribution in [3.8, 4) is 0 Å². The number of allylic oxidation sites excluding steroid dienone is 1. The van der Waals surface area contributed by atoms with Gasteiger partial charge in [-0.15, -0.1) is 0 Å². The van der Waals surface area contributed by atoms with E-state index in [0.717, 1.165) is 31.3 Å². The minimum atomic E-state index is -0.466. The predicted octanol–water partition coefficient (Wildman–Crippen LogP) is 3.28.